The number of halogens is 1. The van der Waals surface area contributed by atoms with Gasteiger partial charge in [0.1, 0.15) is 0 Å². The van der Waals surface area contributed by atoms with Crippen LogP contribution in [-0.2, 0) is 10.0 Å². The van der Waals surface area contributed by atoms with Gasteiger partial charge in [-0.05, 0) is 30.3 Å². The summed E-state index contributed by atoms with van der Waals surface area (Å²) in [6, 6.07) is 13.6. The van der Waals surface area contributed by atoms with Crippen LogP contribution in [0.2, 0.25) is 5.02 Å². The van der Waals surface area contributed by atoms with Gasteiger partial charge in [-0.2, -0.15) is 0 Å². The van der Waals surface area contributed by atoms with E-state index in [1.807, 2.05) is 30.3 Å². The summed E-state index contributed by atoms with van der Waals surface area (Å²) in [5.41, 5.74) is 1.35. The fourth-order valence-electron chi connectivity index (χ4n) is 1.92. The van der Waals surface area contributed by atoms with E-state index in [1.54, 1.807) is 7.05 Å². The molecule has 0 spiro atoms. The topological polar surface area (TPSA) is 66.5 Å². The number of anilines is 2. The molecule has 0 aliphatic heterocycles. The molecule has 1 amide bonds. The lowest BCUT2D eigenvalue weighted by molar-refractivity contribution is 0.0993. The highest BCUT2D eigenvalue weighted by molar-refractivity contribution is 7.92. The van der Waals surface area contributed by atoms with Crippen LogP contribution < -0.4 is 9.62 Å². The summed E-state index contributed by atoms with van der Waals surface area (Å²) >= 11 is 6.10. The number of rotatable bonds is 4. The Bertz CT molecular complexity index is 792. The van der Waals surface area contributed by atoms with Crippen molar-refractivity contribution in [2.45, 2.75) is 0 Å². The molecule has 2 aromatic rings. The average molecular weight is 339 g/mol. The van der Waals surface area contributed by atoms with Crippen LogP contribution in [0, 0.1) is 0 Å². The second kappa shape index (κ2) is 6.37. The molecule has 0 saturated carbocycles. The Morgan fingerprint density at radius 2 is 1.77 bits per heavy atom. The molecule has 0 bridgehead atoms. The zero-order valence-corrected chi connectivity index (χ0v) is 13.6. The van der Waals surface area contributed by atoms with Crippen molar-refractivity contribution in [3.05, 3.63) is 59.1 Å². The zero-order chi connectivity index (χ0) is 16.3. The van der Waals surface area contributed by atoms with E-state index >= 15 is 0 Å². The molecule has 7 heteroatoms. The zero-order valence-electron chi connectivity index (χ0n) is 12.1. The highest BCUT2D eigenvalue weighted by atomic mass is 35.5. The van der Waals surface area contributed by atoms with Crippen molar-refractivity contribution in [3.63, 3.8) is 0 Å². The first kappa shape index (κ1) is 16.3. The SMILES string of the molecule is CN(C(=O)c1ccc(NS(C)(=O)=O)cc1Cl)c1ccccc1. The van der Waals surface area contributed by atoms with Gasteiger partial charge >= 0.3 is 0 Å². The molecule has 116 valence electrons. The highest BCUT2D eigenvalue weighted by Gasteiger charge is 2.17. The lowest BCUT2D eigenvalue weighted by Gasteiger charge is -2.18. The fourth-order valence-corrected chi connectivity index (χ4v) is 2.73. The maximum atomic E-state index is 12.5. The lowest BCUT2D eigenvalue weighted by Crippen LogP contribution is -2.26. The van der Waals surface area contributed by atoms with Gasteiger partial charge in [-0.3, -0.25) is 9.52 Å². The van der Waals surface area contributed by atoms with Crippen LogP contribution in [0.5, 0.6) is 0 Å². The lowest BCUT2D eigenvalue weighted by atomic mass is 10.1. The largest absolute Gasteiger partial charge is 0.311 e. The van der Waals surface area contributed by atoms with Crippen LogP contribution in [0.3, 0.4) is 0 Å². The predicted octanol–water partition coefficient (Wildman–Crippen LogP) is 2.99. The number of carbonyl (C=O) groups is 1. The van der Waals surface area contributed by atoms with Gasteiger partial charge in [0.2, 0.25) is 10.0 Å². The first-order valence-corrected chi connectivity index (χ1v) is 8.65. The molecule has 0 unspecified atom stereocenters. The van der Waals surface area contributed by atoms with Crippen LogP contribution in [0.25, 0.3) is 0 Å². The monoisotopic (exact) mass is 338 g/mol. The molecule has 1 N–H and O–H groups in total. The average Bonchev–Trinajstić information content (AvgIpc) is 2.45. The van der Waals surface area contributed by atoms with E-state index in [0.29, 0.717) is 11.3 Å². The summed E-state index contributed by atoms with van der Waals surface area (Å²) in [6.45, 7) is 0. The number of hydrogen-bond donors (Lipinski definition) is 1. The number of carbonyl (C=O) groups excluding carboxylic acids is 1. The van der Waals surface area contributed by atoms with Gasteiger partial charge in [0.15, 0.2) is 0 Å². The number of sulfonamides is 1. The van der Waals surface area contributed by atoms with Gasteiger partial charge in [0.25, 0.3) is 5.91 Å². The summed E-state index contributed by atoms with van der Waals surface area (Å²) in [5, 5.41) is 0.182. The number of nitrogens with one attached hydrogen (secondary N) is 1. The summed E-state index contributed by atoms with van der Waals surface area (Å²) in [6.07, 6.45) is 1.04. The van der Waals surface area contributed by atoms with Gasteiger partial charge in [-0.1, -0.05) is 29.8 Å². The van der Waals surface area contributed by atoms with Crippen LogP contribution in [0.1, 0.15) is 10.4 Å². The van der Waals surface area contributed by atoms with Gasteiger partial charge in [-0.15, -0.1) is 0 Å². The van der Waals surface area contributed by atoms with E-state index in [-0.39, 0.29) is 10.9 Å². The smallest absolute Gasteiger partial charge is 0.259 e. The minimum absolute atomic E-state index is 0.182. The Kier molecular flexibility index (Phi) is 4.73. The number of amides is 1. The molecule has 0 atom stereocenters. The number of benzene rings is 2. The Morgan fingerprint density at radius 1 is 1.14 bits per heavy atom. The summed E-state index contributed by atoms with van der Waals surface area (Å²) in [7, 11) is -1.74. The molecule has 22 heavy (non-hydrogen) atoms. The number of para-hydroxylation sites is 1. The Morgan fingerprint density at radius 3 is 2.32 bits per heavy atom. The second-order valence-electron chi connectivity index (χ2n) is 4.77. The Balaban J connectivity index is 2.27. The maximum Gasteiger partial charge on any atom is 0.259 e. The number of hydrogen-bond acceptors (Lipinski definition) is 3. The Labute approximate surface area is 134 Å². The Hall–Kier alpha value is -2.05. The van der Waals surface area contributed by atoms with Gasteiger partial charge in [-0.25, -0.2) is 8.42 Å². The summed E-state index contributed by atoms with van der Waals surface area (Å²) in [4.78, 5) is 13.9. The van der Waals surface area contributed by atoms with E-state index in [2.05, 4.69) is 4.72 Å². The molecule has 0 aromatic heterocycles. The highest BCUT2D eigenvalue weighted by Crippen LogP contribution is 2.24. The molecule has 0 fully saturated rings. The van der Waals surface area contributed by atoms with Crippen molar-refractivity contribution in [1.29, 1.82) is 0 Å². The normalized spacial score (nSPS) is 11.0. The van der Waals surface area contributed by atoms with E-state index in [9.17, 15) is 13.2 Å². The van der Waals surface area contributed by atoms with Crippen LogP contribution in [0.15, 0.2) is 48.5 Å². The molecular weight excluding hydrogens is 324 g/mol. The van der Waals surface area contributed by atoms with Crippen molar-refractivity contribution in [2.75, 3.05) is 22.9 Å². The van der Waals surface area contributed by atoms with Crippen molar-refractivity contribution in [1.82, 2.24) is 0 Å². The van der Waals surface area contributed by atoms with Crippen molar-refractivity contribution in [2.24, 2.45) is 0 Å². The van der Waals surface area contributed by atoms with E-state index < -0.39 is 10.0 Å². The molecule has 0 aliphatic rings. The van der Waals surface area contributed by atoms with Crippen molar-refractivity contribution >= 4 is 38.9 Å². The van der Waals surface area contributed by atoms with Gasteiger partial charge in [0, 0.05) is 18.4 Å². The van der Waals surface area contributed by atoms with Gasteiger partial charge < -0.3 is 4.90 Å². The molecule has 0 heterocycles. The first-order chi connectivity index (χ1) is 10.3. The molecule has 0 aliphatic carbocycles. The standard InChI is InChI=1S/C15H15ClN2O3S/c1-18(12-6-4-3-5-7-12)15(19)13-9-8-11(10-14(13)16)17-22(2,20)21/h3-10,17H,1-2H3. The predicted molar refractivity (Wildman–Crippen MR) is 89.1 cm³/mol. The molecule has 0 radical (unpaired) electrons. The number of nitrogens with zero attached hydrogens (tertiary/aromatic N) is 1. The van der Waals surface area contributed by atoms with Crippen LogP contribution in [0.4, 0.5) is 11.4 Å². The first-order valence-electron chi connectivity index (χ1n) is 6.38. The van der Waals surface area contributed by atoms with E-state index in [4.69, 9.17) is 11.6 Å². The van der Waals surface area contributed by atoms with Crippen LogP contribution in [-0.4, -0.2) is 27.6 Å². The summed E-state index contributed by atoms with van der Waals surface area (Å²) in [5.74, 6) is -0.276. The van der Waals surface area contributed by atoms with Gasteiger partial charge in [0.05, 0.1) is 16.8 Å². The summed E-state index contributed by atoms with van der Waals surface area (Å²) < 4.78 is 24.7. The third kappa shape index (κ3) is 3.99. The minimum atomic E-state index is -3.39. The van der Waals surface area contributed by atoms with Crippen molar-refractivity contribution in [3.8, 4) is 0 Å². The maximum absolute atomic E-state index is 12.5. The van der Waals surface area contributed by atoms with E-state index in [1.165, 1.54) is 23.1 Å². The third-order valence-corrected chi connectivity index (χ3v) is 3.87. The molecule has 0 saturated heterocycles. The molecular formula is C15H15ClN2O3S. The van der Waals surface area contributed by atoms with E-state index in [0.717, 1.165) is 11.9 Å². The van der Waals surface area contributed by atoms with Crippen LogP contribution >= 0.6 is 11.6 Å². The third-order valence-electron chi connectivity index (χ3n) is 2.95. The second-order valence-corrected chi connectivity index (χ2v) is 6.92. The quantitative estimate of drug-likeness (QED) is 0.932. The van der Waals surface area contributed by atoms with Crippen molar-refractivity contribution < 1.29 is 13.2 Å². The molecule has 2 rings (SSSR count). The molecule has 2 aromatic carbocycles. The molecule has 5 nitrogen and oxygen atoms in total. The fraction of sp³-hybridized carbons (Fsp3) is 0.133. The minimum Gasteiger partial charge on any atom is -0.311 e.